The van der Waals surface area contributed by atoms with Crippen molar-refractivity contribution in [1.29, 1.82) is 0 Å². The quantitative estimate of drug-likeness (QED) is 0.580. The van der Waals surface area contributed by atoms with E-state index in [1.54, 1.807) is 6.07 Å². The molecule has 0 aliphatic rings. The highest BCUT2D eigenvalue weighted by molar-refractivity contribution is 5.83. The molecular formula is C8H6F2N2. The van der Waals surface area contributed by atoms with Gasteiger partial charge in [-0.2, -0.15) is 0 Å². The number of hydrogen-bond acceptors (Lipinski definition) is 1. The third-order valence-electron chi connectivity index (χ3n) is 1.77. The van der Waals surface area contributed by atoms with Crippen LogP contribution in [0.25, 0.3) is 10.9 Å². The Morgan fingerprint density at radius 3 is 2.83 bits per heavy atom. The van der Waals surface area contributed by atoms with Gasteiger partial charge in [0.05, 0.1) is 5.52 Å². The summed E-state index contributed by atoms with van der Waals surface area (Å²) in [6.45, 7) is 0. The van der Waals surface area contributed by atoms with Crippen molar-refractivity contribution in [3.63, 3.8) is 0 Å². The van der Waals surface area contributed by atoms with E-state index in [-0.39, 0.29) is 5.52 Å². The summed E-state index contributed by atoms with van der Waals surface area (Å²) in [5, 5.41) is 0.485. The molecule has 3 N–H and O–H groups in total. The van der Waals surface area contributed by atoms with Crippen molar-refractivity contribution in [2.24, 2.45) is 0 Å². The molecule has 0 saturated heterocycles. The predicted octanol–water partition coefficient (Wildman–Crippen LogP) is 2.03. The van der Waals surface area contributed by atoms with Crippen LogP contribution in [0.4, 0.5) is 14.5 Å². The molecule has 0 bridgehead atoms. The fourth-order valence-corrected chi connectivity index (χ4v) is 1.15. The highest BCUT2D eigenvalue weighted by atomic mass is 19.1. The van der Waals surface area contributed by atoms with Crippen LogP contribution in [0.1, 0.15) is 0 Å². The van der Waals surface area contributed by atoms with Crippen molar-refractivity contribution >= 4 is 16.6 Å². The maximum atomic E-state index is 13.1. The smallest absolute Gasteiger partial charge is 0.173 e. The second-order valence-electron chi connectivity index (χ2n) is 2.53. The Morgan fingerprint density at radius 2 is 2.08 bits per heavy atom. The van der Waals surface area contributed by atoms with Crippen molar-refractivity contribution in [2.75, 3.05) is 5.73 Å². The first-order chi connectivity index (χ1) is 5.70. The molecule has 2 nitrogen and oxygen atoms in total. The lowest BCUT2D eigenvalue weighted by Crippen LogP contribution is -1.95. The second kappa shape index (κ2) is 2.20. The number of H-pyrrole nitrogens is 1. The van der Waals surface area contributed by atoms with Crippen LogP contribution in [0.2, 0.25) is 0 Å². The molecule has 1 aromatic heterocycles. The highest BCUT2D eigenvalue weighted by Gasteiger charge is 2.10. The van der Waals surface area contributed by atoms with Crippen LogP contribution < -0.4 is 5.73 Å². The third kappa shape index (κ3) is 0.777. The molecule has 0 unspecified atom stereocenters. The van der Waals surface area contributed by atoms with E-state index in [0.29, 0.717) is 5.39 Å². The fraction of sp³-hybridized carbons (Fsp3) is 0. The Labute approximate surface area is 67.0 Å². The molecule has 0 spiro atoms. The summed E-state index contributed by atoms with van der Waals surface area (Å²) in [7, 11) is 0. The van der Waals surface area contributed by atoms with Gasteiger partial charge in [0.1, 0.15) is 11.5 Å². The molecule has 0 fully saturated rings. The summed E-state index contributed by atoms with van der Waals surface area (Å²) in [5.74, 6) is -1.45. The molecule has 1 heterocycles. The first kappa shape index (κ1) is 7.09. The topological polar surface area (TPSA) is 41.8 Å². The molecule has 0 amide bonds. The zero-order chi connectivity index (χ0) is 8.72. The lowest BCUT2D eigenvalue weighted by atomic mass is 10.2. The summed E-state index contributed by atoms with van der Waals surface area (Å²) >= 11 is 0. The van der Waals surface area contributed by atoms with Gasteiger partial charge in [0.15, 0.2) is 5.82 Å². The number of aromatic amines is 1. The van der Waals surface area contributed by atoms with E-state index in [1.165, 1.54) is 12.3 Å². The molecule has 0 aliphatic heterocycles. The fourth-order valence-electron chi connectivity index (χ4n) is 1.15. The van der Waals surface area contributed by atoms with E-state index in [0.717, 1.165) is 0 Å². The number of halogens is 2. The van der Waals surface area contributed by atoms with Crippen molar-refractivity contribution < 1.29 is 8.78 Å². The van der Waals surface area contributed by atoms with E-state index in [9.17, 15) is 8.78 Å². The van der Waals surface area contributed by atoms with Gasteiger partial charge >= 0.3 is 0 Å². The van der Waals surface area contributed by atoms with Crippen molar-refractivity contribution in [3.8, 4) is 0 Å². The zero-order valence-electron chi connectivity index (χ0n) is 6.07. The van der Waals surface area contributed by atoms with Gasteiger partial charge in [-0.15, -0.1) is 0 Å². The van der Waals surface area contributed by atoms with E-state index < -0.39 is 17.3 Å². The van der Waals surface area contributed by atoms with Gasteiger partial charge < -0.3 is 10.7 Å². The minimum absolute atomic E-state index is 0.244. The van der Waals surface area contributed by atoms with Crippen molar-refractivity contribution in [2.45, 2.75) is 0 Å². The summed E-state index contributed by atoms with van der Waals surface area (Å²) < 4.78 is 25.9. The van der Waals surface area contributed by atoms with Gasteiger partial charge in [-0.25, -0.2) is 8.78 Å². The molecule has 12 heavy (non-hydrogen) atoms. The number of anilines is 1. The first-order valence-corrected chi connectivity index (χ1v) is 3.40. The van der Waals surface area contributed by atoms with E-state index in [2.05, 4.69) is 4.98 Å². The number of benzene rings is 1. The Bertz CT molecular complexity index is 434. The van der Waals surface area contributed by atoms with Gasteiger partial charge in [-0.1, -0.05) is 0 Å². The summed E-state index contributed by atoms with van der Waals surface area (Å²) in [6.07, 6.45) is 1.53. The number of nitrogen functional groups attached to an aromatic ring is 1. The SMILES string of the molecule is Nc1c(F)cc2cc[nH]c2c1F. The second-order valence-corrected chi connectivity index (χ2v) is 2.53. The minimum Gasteiger partial charge on any atom is -0.394 e. The Balaban J connectivity index is 2.94. The van der Waals surface area contributed by atoms with Crippen LogP contribution in [0.5, 0.6) is 0 Å². The number of hydrogen-bond donors (Lipinski definition) is 2. The lowest BCUT2D eigenvalue weighted by Gasteiger charge is -1.98. The maximum Gasteiger partial charge on any atom is 0.173 e. The number of fused-ring (bicyclic) bond motifs is 1. The van der Waals surface area contributed by atoms with Gasteiger partial charge in [-0.05, 0) is 12.1 Å². The number of nitrogens with one attached hydrogen (secondary N) is 1. The van der Waals surface area contributed by atoms with Crippen LogP contribution in [-0.4, -0.2) is 4.98 Å². The average molecular weight is 168 g/mol. The molecule has 2 aromatic rings. The summed E-state index contributed by atoms with van der Waals surface area (Å²) in [5.41, 5.74) is 4.94. The van der Waals surface area contributed by atoms with Crippen LogP contribution in [0.3, 0.4) is 0 Å². The predicted molar refractivity (Wildman–Crippen MR) is 42.6 cm³/mol. The van der Waals surface area contributed by atoms with Crippen LogP contribution in [-0.2, 0) is 0 Å². The van der Waals surface area contributed by atoms with E-state index in [1.807, 2.05) is 0 Å². The number of aromatic nitrogens is 1. The van der Waals surface area contributed by atoms with Crippen LogP contribution in [0, 0.1) is 11.6 Å². The van der Waals surface area contributed by atoms with Crippen LogP contribution >= 0.6 is 0 Å². The Morgan fingerprint density at radius 1 is 1.33 bits per heavy atom. The number of rotatable bonds is 0. The molecule has 0 saturated carbocycles. The van der Waals surface area contributed by atoms with E-state index in [4.69, 9.17) is 5.73 Å². The molecule has 62 valence electrons. The van der Waals surface area contributed by atoms with Crippen molar-refractivity contribution in [3.05, 3.63) is 30.0 Å². The zero-order valence-corrected chi connectivity index (χ0v) is 6.07. The first-order valence-electron chi connectivity index (χ1n) is 3.40. The monoisotopic (exact) mass is 168 g/mol. The standard InChI is InChI=1S/C8H6F2N2/c9-5-3-4-1-2-12-8(4)6(10)7(5)11/h1-3,12H,11H2. The molecule has 0 atom stereocenters. The third-order valence-corrected chi connectivity index (χ3v) is 1.77. The lowest BCUT2D eigenvalue weighted by molar-refractivity contribution is 0.599. The van der Waals surface area contributed by atoms with Crippen molar-refractivity contribution in [1.82, 2.24) is 4.98 Å². The highest BCUT2D eigenvalue weighted by Crippen LogP contribution is 2.23. The van der Waals surface area contributed by atoms with Gasteiger partial charge in [-0.3, -0.25) is 0 Å². The van der Waals surface area contributed by atoms with Crippen LogP contribution in [0.15, 0.2) is 18.3 Å². The molecule has 1 aromatic carbocycles. The maximum absolute atomic E-state index is 13.1. The van der Waals surface area contributed by atoms with Gasteiger partial charge in [0.25, 0.3) is 0 Å². The largest absolute Gasteiger partial charge is 0.394 e. The molecule has 2 rings (SSSR count). The Hall–Kier alpha value is -1.58. The van der Waals surface area contributed by atoms with E-state index >= 15 is 0 Å². The normalized spacial score (nSPS) is 10.8. The molecule has 4 heteroatoms. The van der Waals surface area contributed by atoms with Gasteiger partial charge in [0.2, 0.25) is 0 Å². The molecule has 0 aliphatic carbocycles. The molecular weight excluding hydrogens is 162 g/mol. The van der Waals surface area contributed by atoms with Gasteiger partial charge in [0, 0.05) is 11.6 Å². The summed E-state index contributed by atoms with van der Waals surface area (Å²) in [6, 6.07) is 2.78. The minimum atomic E-state index is -0.727. The average Bonchev–Trinajstić information content (AvgIpc) is 2.48. The summed E-state index contributed by atoms with van der Waals surface area (Å²) in [4.78, 5) is 2.63. The Kier molecular flexibility index (Phi) is 1.30. The molecule has 0 radical (unpaired) electrons. The number of nitrogens with two attached hydrogens (primary N) is 1.